The Balaban J connectivity index is 1.50. The number of carbonyl (C=O) groups excluding carboxylic acids is 2. The van der Waals surface area contributed by atoms with Gasteiger partial charge >= 0.3 is 0 Å². The zero-order valence-corrected chi connectivity index (χ0v) is 15.7. The molecule has 4 nitrogen and oxygen atoms in total. The molecule has 0 aromatic heterocycles. The quantitative estimate of drug-likeness (QED) is 0.849. The maximum Gasteiger partial charge on any atom is 0.253 e. The van der Waals surface area contributed by atoms with Crippen LogP contribution < -0.4 is 5.32 Å². The van der Waals surface area contributed by atoms with Crippen molar-refractivity contribution in [2.75, 3.05) is 19.6 Å². The lowest BCUT2D eigenvalue weighted by molar-refractivity contribution is -0.126. The topological polar surface area (TPSA) is 49.4 Å². The second kappa shape index (κ2) is 9.00. The maximum atomic E-state index is 12.9. The summed E-state index contributed by atoms with van der Waals surface area (Å²) < 4.78 is 12.9. The zero-order valence-electron chi connectivity index (χ0n) is 15.0. The lowest BCUT2D eigenvalue weighted by Gasteiger charge is -2.32. The van der Waals surface area contributed by atoms with Gasteiger partial charge < -0.3 is 10.2 Å². The number of carbonyl (C=O) groups is 2. The van der Waals surface area contributed by atoms with Crippen LogP contribution in [-0.2, 0) is 11.2 Å². The Morgan fingerprint density at radius 1 is 1.11 bits per heavy atom. The van der Waals surface area contributed by atoms with Crippen molar-refractivity contribution < 1.29 is 14.0 Å². The fraction of sp³-hybridized carbons (Fsp3) is 0.333. The minimum atomic E-state index is -0.268. The molecule has 0 aliphatic carbocycles. The number of rotatable bonds is 5. The number of halogens is 2. The number of piperidine rings is 1. The van der Waals surface area contributed by atoms with Crippen molar-refractivity contribution in [3.8, 4) is 0 Å². The van der Waals surface area contributed by atoms with Gasteiger partial charge in [-0.2, -0.15) is 0 Å². The monoisotopic (exact) mass is 388 g/mol. The molecule has 6 heteroatoms. The number of benzene rings is 2. The van der Waals surface area contributed by atoms with E-state index in [1.165, 1.54) is 12.1 Å². The molecule has 2 aromatic carbocycles. The highest BCUT2D eigenvalue weighted by molar-refractivity contribution is 6.30. The van der Waals surface area contributed by atoms with Crippen LogP contribution >= 0.6 is 11.6 Å². The van der Waals surface area contributed by atoms with E-state index in [9.17, 15) is 14.0 Å². The normalized spacial score (nSPS) is 16.8. The van der Waals surface area contributed by atoms with Gasteiger partial charge in [0.05, 0.1) is 5.92 Å². The fourth-order valence-electron chi connectivity index (χ4n) is 3.28. The molecule has 1 fully saturated rings. The summed E-state index contributed by atoms with van der Waals surface area (Å²) in [4.78, 5) is 26.8. The molecule has 0 spiro atoms. The summed E-state index contributed by atoms with van der Waals surface area (Å²) in [7, 11) is 0. The van der Waals surface area contributed by atoms with Crippen molar-refractivity contribution in [3.63, 3.8) is 0 Å². The Hall–Kier alpha value is -2.40. The van der Waals surface area contributed by atoms with E-state index in [-0.39, 0.29) is 23.5 Å². The molecule has 0 radical (unpaired) electrons. The molecule has 1 N–H and O–H groups in total. The van der Waals surface area contributed by atoms with Crippen LogP contribution in [0.4, 0.5) is 4.39 Å². The summed E-state index contributed by atoms with van der Waals surface area (Å²) in [5.74, 6) is -0.583. The first-order valence-corrected chi connectivity index (χ1v) is 9.48. The largest absolute Gasteiger partial charge is 0.355 e. The predicted molar refractivity (Wildman–Crippen MR) is 103 cm³/mol. The van der Waals surface area contributed by atoms with E-state index in [0.717, 1.165) is 18.4 Å². The first-order chi connectivity index (χ1) is 13.0. The van der Waals surface area contributed by atoms with Crippen molar-refractivity contribution >= 4 is 23.4 Å². The molecular weight excluding hydrogens is 367 g/mol. The Labute approximate surface area is 163 Å². The fourth-order valence-corrected chi connectivity index (χ4v) is 3.40. The lowest BCUT2D eigenvalue weighted by atomic mass is 9.96. The molecule has 2 aromatic rings. The molecule has 2 amide bonds. The van der Waals surface area contributed by atoms with Gasteiger partial charge in [0.25, 0.3) is 5.91 Å². The number of nitrogens with zero attached hydrogens (tertiary/aromatic N) is 1. The highest BCUT2D eigenvalue weighted by Crippen LogP contribution is 2.20. The minimum absolute atomic E-state index is 0.0364. The molecule has 0 saturated carbocycles. The molecule has 1 saturated heterocycles. The van der Waals surface area contributed by atoms with E-state index >= 15 is 0 Å². The average Bonchev–Trinajstić information content (AvgIpc) is 2.69. The van der Waals surface area contributed by atoms with Crippen molar-refractivity contribution in [2.24, 2.45) is 5.92 Å². The summed E-state index contributed by atoms with van der Waals surface area (Å²) >= 11 is 5.87. The summed E-state index contributed by atoms with van der Waals surface area (Å²) in [6, 6.07) is 13.1. The first-order valence-electron chi connectivity index (χ1n) is 9.10. The summed E-state index contributed by atoms with van der Waals surface area (Å²) in [6.45, 7) is 1.57. The molecule has 1 aliphatic heterocycles. The molecule has 1 atom stereocenters. The van der Waals surface area contributed by atoms with Crippen LogP contribution in [0.25, 0.3) is 0 Å². The summed E-state index contributed by atoms with van der Waals surface area (Å²) in [5, 5.41) is 3.52. The predicted octanol–water partition coefficient (Wildman–Crippen LogP) is 3.69. The van der Waals surface area contributed by atoms with Crippen LogP contribution in [0.1, 0.15) is 28.8 Å². The van der Waals surface area contributed by atoms with E-state index in [1.807, 2.05) is 0 Å². The van der Waals surface area contributed by atoms with Gasteiger partial charge in [0.2, 0.25) is 5.91 Å². The minimum Gasteiger partial charge on any atom is -0.355 e. The second-order valence-corrected chi connectivity index (χ2v) is 7.20. The lowest BCUT2D eigenvalue weighted by Crippen LogP contribution is -2.45. The van der Waals surface area contributed by atoms with Gasteiger partial charge in [0.1, 0.15) is 5.82 Å². The van der Waals surface area contributed by atoms with E-state index in [4.69, 9.17) is 11.6 Å². The first kappa shape index (κ1) is 19.4. The third-order valence-corrected chi connectivity index (χ3v) is 5.05. The van der Waals surface area contributed by atoms with Crippen molar-refractivity contribution in [1.82, 2.24) is 10.2 Å². The van der Waals surface area contributed by atoms with Crippen LogP contribution in [0.5, 0.6) is 0 Å². The molecule has 1 heterocycles. The molecule has 3 rings (SSSR count). The molecule has 27 heavy (non-hydrogen) atoms. The Morgan fingerprint density at radius 3 is 2.52 bits per heavy atom. The van der Waals surface area contributed by atoms with E-state index in [1.54, 1.807) is 41.3 Å². The van der Waals surface area contributed by atoms with Gasteiger partial charge in [-0.05, 0) is 61.2 Å². The average molecular weight is 389 g/mol. The van der Waals surface area contributed by atoms with E-state index in [2.05, 4.69) is 5.32 Å². The summed E-state index contributed by atoms with van der Waals surface area (Å²) in [6.07, 6.45) is 2.22. The Kier molecular flexibility index (Phi) is 6.45. The number of hydrogen-bond acceptors (Lipinski definition) is 2. The van der Waals surface area contributed by atoms with Gasteiger partial charge in [-0.1, -0.05) is 23.7 Å². The van der Waals surface area contributed by atoms with E-state index < -0.39 is 0 Å². The van der Waals surface area contributed by atoms with Crippen LogP contribution in [-0.4, -0.2) is 36.3 Å². The smallest absolute Gasteiger partial charge is 0.253 e. The molecule has 1 aliphatic rings. The second-order valence-electron chi connectivity index (χ2n) is 6.76. The van der Waals surface area contributed by atoms with Crippen molar-refractivity contribution in [2.45, 2.75) is 19.3 Å². The third kappa shape index (κ3) is 5.30. The molecular formula is C21H22ClFN2O2. The van der Waals surface area contributed by atoms with Crippen molar-refractivity contribution in [1.29, 1.82) is 0 Å². The molecule has 1 unspecified atom stereocenters. The number of nitrogens with one attached hydrogen (secondary N) is 1. The third-order valence-electron chi connectivity index (χ3n) is 4.80. The van der Waals surface area contributed by atoms with Gasteiger partial charge in [-0.3, -0.25) is 9.59 Å². The van der Waals surface area contributed by atoms with Crippen LogP contribution in [0.15, 0.2) is 48.5 Å². The number of hydrogen-bond donors (Lipinski definition) is 1. The van der Waals surface area contributed by atoms with Crippen LogP contribution in [0, 0.1) is 11.7 Å². The maximum absolute atomic E-state index is 12.9. The summed E-state index contributed by atoms with van der Waals surface area (Å²) in [5.41, 5.74) is 1.55. The van der Waals surface area contributed by atoms with E-state index in [0.29, 0.717) is 36.6 Å². The number of likely N-dealkylation sites (tertiary alicyclic amines) is 1. The zero-order chi connectivity index (χ0) is 19.2. The van der Waals surface area contributed by atoms with Gasteiger partial charge in [-0.15, -0.1) is 0 Å². The van der Waals surface area contributed by atoms with Gasteiger partial charge in [0.15, 0.2) is 0 Å². The Bertz CT molecular complexity index is 793. The van der Waals surface area contributed by atoms with Gasteiger partial charge in [-0.25, -0.2) is 4.39 Å². The SMILES string of the molecule is O=C(NCCc1ccc(F)cc1)C1CCCN(C(=O)c2ccc(Cl)cc2)C1. The highest BCUT2D eigenvalue weighted by atomic mass is 35.5. The van der Waals surface area contributed by atoms with Crippen molar-refractivity contribution in [3.05, 3.63) is 70.5 Å². The molecule has 142 valence electrons. The number of amides is 2. The van der Waals surface area contributed by atoms with Crippen LogP contribution in [0.3, 0.4) is 0 Å². The standard InChI is InChI=1S/C21H22ClFN2O2/c22-18-7-5-16(6-8-18)21(27)25-13-1-2-17(14-25)20(26)24-12-11-15-3-9-19(23)10-4-15/h3-10,17H,1-2,11-14H2,(H,24,26). The highest BCUT2D eigenvalue weighted by Gasteiger charge is 2.28. The Morgan fingerprint density at radius 2 is 1.81 bits per heavy atom. The van der Waals surface area contributed by atoms with Crippen LogP contribution in [0.2, 0.25) is 5.02 Å². The van der Waals surface area contributed by atoms with Gasteiger partial charge in [0, 0.05) is 30.2 Å². The molecule has 0 bridgehead atoms.